The highest BCUT2D eigenvalue weighted by molar-refractivity contribution is 6.31. The molecule has 0 radical (unpaired) electrons. The fraction of sp³-hybridized carbons (Fsp3) is 0.250. The second-order valence-electron chi connectivity index (χ2n) is 4.17. The molecule has 1 aromatic heterocycles. The molecular formula is C12H10ClNO. The van der Waals surface area contributed by atoms with E-state index in [1.807, 2.05) is 24.4 Å². The average Bonchev–Trinajstić information content (AvgIpc) is 2.93. The normalized spacial score (nSPS) is 17.9. The zero-order chi connectivity index (χ0) is 10.5. The molecule has 76 valence electrons. The van der Waals surface area contributed by atoms with Gasteiger partial charge in [-0.15, -0.1) is 0 Å². The molecule has 0 unspecified atom stereocenters. The second kappa shape index (κ2) is 2.86. The molecule has 3 heteroatoms. The molecular weight excluding hydrogens is 210 g/mol. The van der Waals surface area contributed by atoms with Gasteiger partial charge in [0.05, 0.1) is 5.41 Å². The van der Waals surface area contributed by atoms with Gasteiger partial charge in [-0.3, -0.25) is 0 Å². The SMILES string of the molecule is O=CC1(c2c[nH]c3ccc(Cl)cc23)CC1. The van der Waals surface area contributed by atoms with Crippen LogP contribution in [0.1, 0.15) is 18.4 Å². The molecule has 0 atom stereocenters. The summed E-state index contributed by atoms with van der Waals surface area (Å²) < 4.78 is 0. The molecule has 2 aromatic rings. The van der Waals surface area contributed by atoms with Gasteiger partial charge in [-0.1, -0.05) is 11.6 Å². The molecule has 1 aliphatic carbocycles. The van der Waals surface area contributed by atoms with E-state index in [1.165, 1.54) is 0 Å². The highest BCUT2D eigenvalue weighted by Crippen LogP contribution is 2.48. The van der Waals surface area contributed by atoms with E-state index >= 15 is 0 Å². The molecule has 2 nitrogen and oxygen atoms in total. The quantitative estimate of drug-likeness (QED) is 0.774. The highest BCUT2D eigenvalue weighted by Gasteiger charge is 2.45. The van der Waals surface area contributed by atoms with Gasteiger partial charge in [0.15, 0.2) is 0 Å². The Bertz CT molecular complexity index is 540. The predicted molar refractivity (Wildman–Crippen MR) is 60.3 cm³/mol. The van der Waals surface area contributed by atoms with Crippen LogP contribution in [0, 0.1) is 0 Å². The summed E-state index contributed by atoms with van der Waals surface area (Å²) in [5.74, 6) is 0. The molecule has 15 heavy (non-hydrogen) atoms. The van der Waals surface area contributed by atoms with Crippen LogP contribution in [-0.4, -0.2) is 11.3 Å². The standard InChI is InChI=1S/C12H10ClNO/c13-8-1-2-11-9(5-8)10(6-14-11)12(7-15)3-4-12/h1-2,5-7,14H,3-4H2. The second-order valence-corrected chi connectivity index (χ2v) is 4.60. The first-order valence-electron chi connectivity index (χ1n) is 4.99. The number of carbonyl (C=O) groups is 1. The van der Waals surface area contributed by atoms with Crippen molar-refractivity contribution in [2.24, 2.45) is 0 Å². The summed E-state index contributed by atoms with van der Waals surface area (Å²) in [6.45, 7) is 0. The summed E-state index contributed by atoms with van der Waals surface area (Å²) in [6.07, 6.45) is 4.91. The van der Waals surface area contributed by atoms with Crippen molar-refractivity contribution >= 4 is 28.8 Å². The monoisotopic (exact) mass is 219 g/mol. The molecule has 3 rings (SSSR count). The molecule has 1 aromatic carbocycles. The number of H-pyrrole nitrogens is 1. The lowest BCUT2D eigenvalue weighted by molar-refractivity contribution is -0.109. The Hall–Kier alpha value is -1.28. The topological polar surface area (TPSA) is 32.9 Å². The van der Waals surface area contributed by atoms with Gasteiger partial charge in [0.1, 0.15) is 6.29 Å². The third-order valence-electron chi connectivity index (χ3n) is 3.19. The lowest BCUT2D eigenvalue weighted by atomic mass is 9.97. The van der Waals surface area contributed by atoms with E-state index in [0.717, 1.165) is 35.6 Å². The Labute approximate surface area is 92.2 Å². The van der Waals surface area contributed by atoms with Gasteiger partial charge < -0.3 is 9.78 Å². The number of halogens is 1. The number of carbonyl (C=O) groups excluding carboxylic acids is 1. The van der Waals surface area contributed by atoms with E-state index < -0.39 is 0 Å². The zero-order valence-corrected chi connectivity index (χ0v) is 8.84. The lowest BCUT2D eigenvalue weighted by Gasteiger charge is -2.04. The van der Waals surface area contributed by atoms with Crippen LogP contribution in [-0.2, 0) is 10.2 Å². The maximum atomic E-state index is 11.1. The molecule has 0 saturated heterocycles. The Kier molecular flexibility index (Phi) is 1.71. The first kappa shape index (κ1) is 8.98. The predicted octanol–water partition coefficient (Wildman–Crippen LogP) is 3.05. The molecule has 1 fully saturated rings. The van der Waals surface area contributed by atoms with Crippen LogP contribution in [0.5, 0.6) is 0 Å². The molecule has 1 saturated carbocycles. The Morgan fingerprint density at radius 3 is 2.87 bits per heavy atom. The first-order valence-corrected chi connectivity index (χ1v) is 5.36. The van der Waals surface area contributed by atoms with Crippen molar-refractivity contribution in [2.75, 3.05) is 0 Å². The maximum Gasteiger partial charge on any atom is 0.130 e. The number of rotatable bonds is 2. The fourth-order valence-corrected chi connectivity index (χ4v) is 2.26. The molecule has 1 aliphatic rings. The van der Waals surface area contributed by atoms with Gasteiger partial charge in [-0.25, -0.2) is 0 Å². The van der Waals surface area contributed by atoms with Crippen LogP contribution in [0.15, 0.2) is 24.4 Å². The van der Waals surface area contributed by atoms with E-state index in [0.29, 0.717) is 5.02 Å². The Morgan fingerprint density at radius 2 is 2.20 bits per heavy atom. The van der Waals surface area contributed by atoms with Crippen molar-refractivity contribution in [3.8, 4) is 0 Å². The van der Waals surface area contributed by atoms with Crippen molar-refractivity contribution in [3.63, 3.8) is 0 Å². The molecule has 0 spiro atoms. The minimum absolute atomic E-state index is 0.233. The third kappa shape index (κ3) is 1.21. The van der Waals surface area contributed by atoms with Crippen molar-refractivity contribution < 1.29 is 4.79 Å². The molecule has 1 N–H and O–H groups in total. The van der Waals surface area contributed by atoms with Gasteiger partial charge in [0, 0.05) is 22.1 Å². The van der Waals surface area contributed by atoms with Gasteiger partial charge in [-0.2, -0.15) is 0 Å². The average molecular weight is 220 g/mol. The van der Waals surface area contributed by atoms with E-state index in [4.69, 9.17) is 11.6 Å². The Morgan fingerprint density at radius 1 is 1.40 bits per heavy atom. The maximum absolute atomic E-state index is 11.1. The van der Waals surface area contributed by atoms with Gasteiger partial charge in [-0.05, 0) is 36.6 Å². The van der Waals surface area contributed by atoms with Crippen LogP contribution in [0.4, 0.5) is 0 Å². The largest absolute Gasteiger partial charge is 0.361 e. The third-order valence-corrected chi connectivity index (χ3v) is 3.43. The van der Waals surface area contributed by atoms with E-state index in [-0.39, 0.29) is 5.41 Å². The zero-order valence-electron chi connectivity index (χ0n) is 8.09. The summed E-state index contributed by atoms with van der Waals surface area (Å²) in [5, 5.41) is 1.79. The lowest BCUT2D eigenvalue weighted by Crippen LogP contribution is -2.06. The summed E-state index contributed by atoms with van der Waals surface area (Å²) in [5.41, 5.74) is 1.90. The number of nitrogens with one attached hydrogen (secondary N) is 1. The van der Waals surface area contributed by atoms with Crippen molar-refractivity contribution in [3.05, 3.63) is 35.0 Å². The van der Waals surface area contributed by atoms with Crippen LogP contribution < -0.4 is 0 Å². The smallest absolute Gasteiger partial charge is 0.130 e. The minimum atomic E-state index is -0.233. The summed E-state index contributed by atoms with van der Waals surface area (Å²) in [4.78, 5) is 14.2. The number of hydrogen-bond donors (Lipinski definition) is 1. The Balaban J connectivity index is 2.27. The van der Waals surface area contributed by atoms with Crippen LogP contribution in [0.3, 0.4) is 0 Å². The number of aldehydes is 1. The summed E-state index contributed by atoms with van der Waals surface area (Å²) in [6, 6.07) is 5.72. The van der Waals surface area contributed by atoms with Crippen LogP contribution in [0.2, 0.25) is 5.02 Å². The van der Waals surface area contributed by atoms with E-state index in [1.54, 1.807) is 0 Å². The van der Waals surface area contributed by atoms with Crippen molar-refractivity contribution in [2.45, 2.75) is 18.3 Å². The number of benzene rings is 1. The van der Waals surface area contributed by atoms with Crippen molar-refractivity contribution in [1.29, 1.82) is 0 Å². The van der Waals surface area contributed by atoms with Gasteiger partial charge >= 0.3 is 0 Å². The summed E-state index contributed by atoms with van der Waals surface area (Å²) >= 11 is 5.96. The van der Waals surface area contributed by atoms with E-state index in [9.17, 15) is 4.79 Å². The number of aromatic amines is 1. The minimum Gasteiger partial charge on any atom is -0.361 e. The van der Waals surface area contributed by atoms with Crippen molar-refractivity contribution in [1.82, 2.24) is 4.98 Å². The molecule has 0 aliphatic heterocycles. The van der Waals surface area contributed by atoms with Crippen LogP contribution >= 0.6 is 11.6 Å². The first-order chi connectivity index (χ1) is 7.25. The molecule has 1 heterocycles. The van der Waals surface area contributed by atoms with E-state index in [2.05, 4.69) is 4.98 Å². The molecule has 0 amide bonds. The fourth-order valence-electron chi connectivity index (χ4n) is 2.09. The highest BCUT2D eigenvalue weighted by atomic mass is 35.5. The van der Waals surface area contributed by atoms with Gasteiger partial charge in [0.2, 0.25) is 0 Å². The van der Waals surface area contributed by atoms with Gasteiger partial charge in [0.25, 0.3) is 0 Å². The van der Waals surface area contributed by atoms with Crippen LogP contribution in [0.25, 0.3) is 10.9 Å². The summed E-state index contributed by atoms with van der Waals surface area (Å²) in [7, 11) is 0. The number of hydrogen-bond acceptors (Lipinski definition) is 1. The number of fused-ring (bicyclic) bond motifs is 1. The number of aromatic nitrogens is 1. The molecule has 0 bridgehead atoms.